The van der Waals surface area contributed by atoms with E-state index in [0.29, 0.717) is 18.0 Å². The van der Waals surface area contributed by atoms with Crippen LogP contribution in [0.15, 0.2) is 89.3 Å². The first-order valence-electron chi connectivity index (χ1n) is 13.1. The molecule has 4 nitrogen and oxygen atoms in total. The highest BCUT2D eigenvalue weighted by Gasteiger charge is 2.08. The van der Waals surface area contributed by atoms with Crippen LogP contribution < -0.4 is 11.1 Å². The topological polar surface area (TPSA) is 75.3 Å². The van der Waals surface area contributed by atoms with Gasteiger partial charge in [-0.2, -0.15) is 0 Å². The number of aryl methyl sites for hydroxylation is 1. The van der Waals surface area contributed by atoms with E-state index in [-0.39, 0.29) is 0 Å². The van der Waals surface area contributed by atoms with Gasteiger partial charge in [-0.05, 0) is 75.8 Å². The molecule has 1 aliphatic rings. The Labute approximate surface area is 230 Å². The maximum Gasteiger partial charge on any atom is 0.163 e. The third-order valence-electron chi connectivity index (χ3n) is 5.56. The molecule has 1 heterocycles. The molecule has 0 aromatic heterocycles. The lowest BCUT2D eigenvalue weighted by Gasteiger charge is -2.07. The van der Waals surface area contributed by atoms with E-state index in [9.17, 15) is 4.79 Å². The summed E-state index contributed by atoms with van der Waals surface area (Å²) in [5.74, 6) is 0.617. The smallest absolute Gasteiger partial charge is 0.163 e. The molecule has 4 N–H and O–H groups in total. The van der Waals surface area contributed by atoms with Crippen molar-refractivity contribution in [2.24, 2.45) is 5.73 Å². The first-order valence-corrected chi connectivity index (χ1v) is 13.8. The van der Waals surface area contributed by atoms with Gasteiger partial charge in [0.2, 0.25) is 0 Å². The fraction of sp³-hybridized carbons (Fsp3) is 0.406. The predicted octanol–water partition coefficient (Wildman–Crippen LogP) is 8.32. The van der Waals surface area contributed by atoms with Crippen molar-refractivity contribution in [2.45, 2.75) is 73.1 Å². The Morgan fingerprint density at radius 1 is 0.946 bits per heavy atom. The Hall–Kier alpha value is -2.98. The van der Waals surface area contributed by atoms with Crippen molar-refractivity contribution >= 4 is 17.4 Å². The molecule has 0 atom stereocenters. The molecule has 5 heteroatoms. The zero-order valence-electron chi connectivity index (χ0n) is 23.6. The Balaban J connectivity index is 0.000000535. The third-order valence-corrected chi connectivity index (χ3v) is 5.56. The van der Waals surface area contributed by atoms with Gasteiger partial charge < -0.3 is 16.2 Å². The zero-order valence-corrected chi connectivity index (χ0v) is 24.4. The van der Waals surface area contributed by atoms with Crippen LogP contribution in [0.5, 0.6) is 5.75 Å². The van der Waals surface area contributed by atoms with Crippen LogP contribution in [0.1, 0.15) is 82.6 Å². The fourth-order valence-electron chi connectivity index (χ4n) is 3.55. The molecule has 3 rings (SSSR count). The molecule has 2 aromatic rings. The highest BCUT2D eigenvalue weighted by Crippen LogP contribution is 2.15. The van der Waals surface area contributed by atoms with Gasteiger partial charge in [0.25, 0.3) is 0 Å². The number of halogens is 1. The number of Topliss-reactive ketones (excluding diaryl/α,β-unsaturated/α-hetero) is 1. The van der Waals surface area contributed by atoms with Crippen LogP contribution in [0, 0.1) is 0 Å². The lowest BCUT2D eigenvalue weighted by atomic mass is 9.97. The number of nitrogens with two attached hydrogens (primary N) is 1. The number of alkyl halides is 1. The highest BCUT2D eigenvalue weighted by molar-refractivity contribution is 6.15. The van der Waals surface area contributed by atoms with Crippen molar-refractivity contribution < 1.29 is 9.90 Å². The molecule has 0 aliphatic carbocycles. The van der Waals surface area contributed by atoms with Gasteiger partial charge in [-0.3, -0.25) is 4.79 Å². The number of phenols is 1. The zero-order chi connectivity index (χ0) is 28.1. The number of hydrogen-bond donors (Lipinski definition) is 3. The molecule has 37 heavy (non-hydrogen) atoms. The van der Waals surface area contributed by atoms with Gasteiger partial charge in [0.05, 0.1) is 0 Å². The molecule has 0 spiro atoms. The van der Waals surface area contributed by atoms with Crippen molar-refractivity contribution in [1.29, 1.82) is 0 Å². The second kappa shape index (κ2) is 21.1. The summed E-state index contributed by atoms with van der Waals surface area (Å²) in [7, 11) is 0. The van der Waals surface area contributed by atoms with E-state index in [4.69, 9.17) is 10.8 Å². The van der Waals surface area contributed by atoms with E-state index >= 15 is 0 Å². The van der Waals surface area contributed by atoms with Crippen LogP contribution in [0.2, 0.25) is 0 Å². The number of unbranched alkanes of at least 4 members (excludes halogenated alkanes) is 1. The van der Waals surface area contributed by atoms with Crippen molar-refractivity contribution in [2.75, 3.05) is 12.9 Å². The highest BCUT2D eigenvalue weighted by atomic mass is 35.5. The molecule has 0 bridgehead atoms. The summed E-state index contributed by atoms with van der Waals surface area (Å²) in [6, 6.07) is 16.7. The quantitative estimate of drug-likeness (QED) is 0.261. The number of ketones is 1. The van der Waals surface area contributed by atoms with Crippen LogP contribution >= 0.6 is 11.6 Å². The summed E-state index contributed by atoms with van der Waals surface area (Å²) in [4.78, 5) is 11.8. The Morgan fingerprint density at radius 2 is 1.57 bits per heavy atom. The van der Waals surface area contributed by atoms with Gasteiger partial charge >= 0.3 is 0 Å². The molecule has 204 valence electrons. The number of carbonyl (C=O) groups is 1. The molecule has 0 radical (unpaired) electrons. The van der Waals surface area contributed by atoms with Crippen LogP contribution in [0.4, 0.5) is 0 Å². The Bertz CT molecular complexity index is 967. The third kappa shape index (κ3) is 15.7. The van der Waals surface area contributed by atoms with Crippen molar-refractivity contribution in [3.8, 4) is 5.75 Å². The summed E-state index contributed by atoms with van der Waals surface area (Å²) in [5, 5.41) is 11.9. The summed E-state index contributed by atoms with van der Waals surface area (Å²) < 4.78 is 0. The average Bonchev–Trinajstić information content (AvgIpc) is 2.94. The number of allylic oxidation sites excluding steroid dienone is 4. The first-order chi connectivity index (χ1) is 17.8. The molecule has 2 aromatic carbocycles. The first kappa shape index (κ1) is 34.0. The minimum atomic E-state index is 0.296. The molecular formula is C32H47ClN2O2. The average molecular weight is 527 g/mol. The predicted molar refractivity (Wildman–Crippen MR) is 161 cm³/mol. The van der Waals surface area contributed by atoms with Gasteiger partial charge in [-0.1, -0.05) is 74.4 Å². The van der Waals surface area contributed by atoms with Crippen LogP contribution in [-0.2, 0) is 6.42 Å². The SMILES string of the molecule is C/C1=C/C(C)=C(N)/C=C(/C)NCC1.CCCCc1ccccc1C(=O)CCC.CCl.Oc1ccccc1. The largest absolute Gasteiger partial charge is 0.508 e. The molecule has 1 aliphatic heterocycles. The fourth-order valence-corrected chi connectivity index (χ4v) is 3.55. The van der Waals surface area contributed by atoms with Gasteiger partial charge in [0, 0.05) is 36.3 Å². The summed E-state index contributed by atoms with van der Waals surface area (Å²) >= 11 is 4.64. The Morgan fingerprint density at radius 3 is 2.14 bits per heavy atom. The summed E-state index contributed by atoms with van der Waals surface area (Å²) in [5.41, 5.74) is 12.6. The second-order valence-corrected chi connectivity index (χ2v) is 8.90. The normalized spacial score (nSPS) is 17.5. The maximum absolute atomic E-state index is 11.8. The number of aromatic hydroxyl groups is 1. The number of benzene rings is 2. The van der Waals surface area contributed by atoms with E-state index in [1.165, 1.54) is 23.9 Å². The minimum Gasteiger partial charge on any atom is -0.508 e. The number of carbonyl (C=O) groups excluding carboxylic acids is 1. The van der Waals surface area contributed by atoms with Crippen LogP contribution in [0.3, 0.4) is 0 Å². The van der Waals surface area contributed by atoms with E-state index < -0.39 is 0 Å². The number of rotatable bonds is 6. The lowest BCUT2D eigenvalue weighted by molar-refractivity contribution is 0.0981. The van der Waals surface area contributed by atoms with Gasteiger partial charge in [0.1, 0.15) is 5.75 Å². The molecular weight excluding hydrogens is 480 g/mol. The number of hydrogen-bond acceptors (Lipinski definition) is 4. The van der Waals surface area contributed by atoms with Gasteiger partial charge in [-0.15, -0.1) is 11.6 Å². The van der Waals surface area contributed by atoms with Crippen molar-refractivity contribution in [1.82, 2.24) is 5.32 Å². The standard InChI is InChI=1S/C14H20O.C11H18N2.C6H6O.CH3Cl/c1-3-5-9-12-10-6-7-11-13(12)14(15)8-4-2;1-8-4-5-13-10(3)7-11(12)9(2)6-8;7-6-4-2-1-3-5-6;1-2/h6-7,10-11H,3-5,8-9H2,1-2H3;6-7,13H,4-5,12H2,1-3H3;1-5,7H;1H3/b;8-6-,10-7-,11-9-;;. The molecule has 0 amide bonds. The van der Waals surface area contributed by atoms with Crippen LogP contribution in [0.25, 0.3) is 0 Å². The summed E-state index contributed by atoms with van der Waals surface area (Å²) in [6.07, 6.45) is 11.7. The minimum absolute atomic E-state index is 0.296. The monoisotopic (exact) mass is 526 g/mol. The number of nitrogens with one attached hydrogen (secondary N) is 1. The van der Waals surface area contributed by atoms with Gasteiger partial charge in [0.15, 0.2) is 5.78 Å². The van der Waals surface area contributed by atoms with Crippen molar-refractivity contribution in [3.05, 3.63) is 100 Å². The molecule has 0 unspecified atom stereocenters. The van der Waals surface area contributed by atoms with Crippen molar-refractivity contribution in [3.63, 3.8) is 0 Å². The van der Waals surface area contributed by atoms with E-state index in [0.717, 1.165) is 54.8 Å². The van der Waals surface area contributed by atoms with Gasteiger partial charge in [-0.25, -0.2) is 0 Å². The van der Waals surface area contributed by atoms with E-state index in [1.807, 2.05) is 51.1 Å². The second-order valence-electron chi connectivity index (χ2n) is 8.90. The lowest BCUT2D eigenvalue weighted by Crippen LogP contribution is -2.13. The van der Waals surface area contributed by atoms with Crippen LogP contribution in [-0.4, -0.2) is 23.8 Å². The number of phenolic OH excluding ortho intramolecular Hbond substituents is 1. The maximum atomic E-state index is 11.8. The molecule has 0 fully saturated rings. The Kier molecular flexibility index (Phi) is 19.4. The van der Waals surface area contributed by atoms with E-state index in [2.05, 4.69) is 42.9 Å². The summed E-state index contributed by atoms with van der Waals surface area (Å²) in [6.45, 7) is 11.4. The van der Waals surface area contributed by atoms with E-state index in [1.54, 1.807) is 24.3 Å². The molecule has 0 saturated heterocycles. The molecule has 0 saturated carbocycles. The number of para-hydroxylation sites is 1.